The molecular weight excluding hydrogens is 508 g/mol. The molecule has 1 fully saturated rings. The summed E-state index contributed by atoms with van der Waals surface area (Å²) in [6, 6.07) is 10.3. The van der Waals surface area contributed by atoms with E-state index >= 15 is 0 Å². The van der Waals surface area contributed by atoms with Crippen LogP contribution in [0.25, 0.3) is 28.0 Å². The van der Waals surface area contributed by atoms with Crippen molar-refractivity contribution in [2.24, 2.45) is 5.92 Å². The molecule has 39 heavy (non-hydrogen) atoms. The highest BCUT2D eigenvalue weighted by molar-refractivity contribution is 6.02. The summed E-state index contributed by atoms with van der Waals surface area (Å²) >= 11 is 0. The normalized spacial score (nSPS) is 16.7. The number of amides is 1. The van der Waals surface area contributed by atoms with Crippen LogP contribution >= 0.6 is 0 Å². The van der Waals surface area contributed by atoms with Crippen molar-refractivity contribution in [2.75, 3.05) is 0 Å². The molecule has 0 spiro atoms. The first-order chi connectivity index (χ1) is 18.8. The number of aromatic amines is 1. The van der Waals surface area contributed by atoms with E-state index in [0.29, 0.717) is 52.2 Å². The maximum absolute atomic E-state index is 14.5. The molecule has 0 saturated heterocycles. The number of aromatic nitrogens is 6. The largest absolute Gasteiger partial charge is 0.481 e. The molecule has 2 aromatic carbocycles. The minimum Gasteiger partial charge on any atom is -0.481 e. The zero-order valence-electron chi connectivity index (χ0n) is 20.3. The Hall–Kier alpha value is -5.00. The number of halogens is 2. The average Bonchev–Trinajstić information content (AvgIpc) is 3.54. The van der Waals surface area contributed by atoms with Crippen molar-refractivity contribution in [2.45, 2.75) is 25.3 Å². The van der Waals surface area contributed by atoms with Gasteiger partial charge >= 0.3 is 5.97 Å². The molecule has 12 heteroatoms. The van der Waals surface area contributed by atoms with Gasteiger partial charge in [-0.3, -0.25) is 9.59 Å². The molecule has 1 saturated carbocycles. The molecule has 0 radical (unpaired) electrons. The van der Waals surface area contributed by atoms with Gasteiger partial charge in [-0.1, -0.05) is 0 Å². The molecule has 1 aliphatic carbocycles. The number of hydrogen-bond acceptors (Lipinski definition) is 6. The van der Waals surface area contributed by atoms with Crippen LogP contribution in [-0.2, 0) is 11.3 Å². The van der Waals surface area contributed by atoms with Crippen LogP contribution in [0.2, 0.25) is 0 Å². The monoisotopic (exact) mass is 529 g/mol. The molecule has 196 valence electrons. The number of carbonyl (C=O) groups is 2. The van der Waals surface area contributed by atoms with Crippen molar-refractivity contribution in [3.05, 3.63) is 89.9 Å². The van der Waals surface area contributed by atoms with Crippen molar-refractivity contribution < 1.29 is 23.5 Å². The van der Waals surface area contributed by atoms with Crippen molar-refractivity contribution >= 4 is 23.0 Å². The minimum absolute atomic E-state index is 0.0328. The second kappa shape index (κ2) is 9.71. The lowest BCUT2D eigenvalue weighted by Crippen LogP contribution is -2.29. The third-order valence-corrected chi connectivity index (χ3v) is 6.81. The molecule has 0 bridgehead atoms. The van der Waals surface area contributed by atoms with E-state index in [2.05, 4.69) is 30.4 Å². The standard InChI is InChI=1S/C27H21F2N7O3/c28-19-1-3-21(4-2-19)36-12-18(11-33-36)15-5-14(6-20(29)9-15)10-30-26(37)23-22-25(32-13-31-23)35-24(34-22)16-7-17(8-16)27(38)39/h1-6,9,11-13,16-17H,7-8,10H2,(H,30,37)(H,38,39)(H,31,32,34,35). The molecule has 3 N–H and O–H groups in total. The second-order valence-electron chi connectivity index (χ2n) is 9.43. The zero-order chi connectivity index (χ0) is 27.1. The SMILES string of the molecule is O=C(NCc1cc(F)cc(-c2cnn(-c3ccc(F)cc3)c2)c1)c1ncnc2nc(C3CC(C(=O)O)C3)[nH]c12. The van der Waals surface area contributed by atoms with Crippen LogP contribution in [0, 0.1) is 17.6 Å². The minimum atomic E-state index is -0.829. The number of aliphatic carboxylic acids is 1. The van der Waals surface area contributed by atoms with Crippen molar-refractivity contribution in [1.29, 1.82) is 0 Å². The number of imidazole rings is 1. The molecular formula is C27H21F2N7O3. The van der Waals surface area contributed by atoms with Gasteiger partial charge in [0.2, 0.25) is 0 Å². The summed E-state index contributed by atoms with van der Waals surface area (Å²) in [7, 11) is 0. The van der Waals surface area contributed by atoms with E-state index in [1.54, 1.807) is 35.3 Å². The third-order valence-electron chi connectivity index (χ3n) is 6.81. The molecule has 0 atom stereocenters. The summed E-state index contributed by atoms with van der Waals surface area (Å²) in [5, 5.41) is 16.2. The van der Waals surface area contributed by atoms with Gasteiger partial charge in [-0.25, -0.2) is 28.4 Å². The Morgan fingerprint density at radius 2 is 1.85 bits per heavy atom. The Bertz CT molecular complexity index is 1710. The van der Waals surface area contributed by atoms with E-state index in [1.165, 1.54) is 30.6 Å². The molecule has 5 aromatic rings. The summed E-state index contributed by atoms with van der Waals surface area (Å²) in [4.78, 5) is 39.8. The fourth-order valence-electron chi connectivity index (χ4n) is 4.65. The van der Waals surface area contributed by atoms with Crippen LogP contribution in [0.1, 0.15) is 40.6 Å². The van der Waals surface area contributed by atoms with E-state index in [1.807, 2.05) is 0 Å². The number of benzene rings is 2. The van der Waals surface area contributed by atoms with Crippen LogP contribution < -0.4 is 5.32 Å². The predicted octanol–water partition coefficient (Wildman–Crippen LogP) is 3.99. The van der Waals surface area contributed by atoms with Crippen LogP contribution in [-0.4, -0.2) is 46.7 Å². The Morgan fingerprint density at radius 3 is 2.62 bits per heavy atom. The molecule has 1 amide bonds. The van der Waals surface area contributed by atoms with Gasteiger partial charge in [0.1, 0.15) is 29.3 Å². The van der Waals surface area contributed by atoms with Crippen molar-refractivity contribution in [1.82, 2.24) is 35.0 Å². The maximum atomic E-state index is 14.5. The fraction of sp³-hybridized carbons (Fsp3) is 0.185. The molecule has 3 aromatic heterocycles. The predicted molar refractivity (Wildman–Crippen MR) is 135 cm³/mol. The molecule has 0 aliphatic heterocycles. The van der Waals surface area contributed by atoms with Gasteiger partial charge in [0.05, 0.1) is 17.8 Å². The number of H-pyrrole nitrogens is 1. The van der Waals surface area contributed by atoms with Crippen LogP contribution in [0.4, 0.5) is 8.78 Å². The highest BCUT2D eigenvalue weighted by atomic mass is 19.1. The summed E-state index contributed by atoms with van der Waals surface area (Å²) < 4.78 is 29.3. The number of carbonyl (C=O) groups excluding carboxylic acids is 1. The first kappa shape index (κ1) is 24.3. The van der Waals surface area contributed by atoms with Gasteiger partial charge in [0, 0.05) is 24.2 Å². The first-order valence-corrected chi connectivity index (χ1v) is 12.2. The number of fused-ring (bicyclic) bond motifs is 1. The third kappa shape index (κ3) is 4.83. The number of nitrogens with one attached hydrogen (secondary N) is 2. The van der Waals surface area contributed by atoms with Gasteiger partial charge in [-0.2, -0.15) is 5.10 Å². The van der Waals surface area contributed by atoms with E-state index in [0.717, 1.165) is 0 Å². The Kier molecular flexibility index (Phi) is 6.06. The molecule has 10 nitrogen and oxygen atoms in total. The van der Waals surface area contributed by atoms with Crippen LogP contribution in [0.15, 0.2) is 61.2 Å². The zero-order valence-corrected chi connectivity index (χ0v) is 20.3. The van der Waals surface area contributed by atoms with Gasteiger partial charge < -0.3 is 15.4 Å². The van der Waals surface area contributed by atoms with Crippen LogP contribution in [0.5, 0.6) is 0 Å². The van der Waals surface area contributed by atoms with Gasteiger partial charge in [-0.05, 0) is 66.4 Å². The molecule has 0 unspecified atom stereocenters. The van der Waals surface area contributed by atoms with Gasteiger partial charge in [-0.15, -0.1) is 0 Å². The number of carboxylic acids is 1. The highest BCUT2D eigenvalue weighted by Crippen LogP contribution is 2.41. The maximum Gasteiger partial charge on any atom is 0.306 e. The topological polar surface area (TPSA) is 139 Å². The lowest BCUT2D eigenvalue weighted by atomic mass is 9.74. The quantitative estimate of drug-likeness (QED) is 0.290. The van der Waals surface area contributed by atoms with E-state index in [4.69, 9.17) is 5.11 Å². The average molecular weight is 530 g/mol. The summed E-state index contributed by atoms with van der Waals surface area (Å²) in [6.45, 7) is 0.0328. The summed E-state index contributed by atoms with van der Waals surface area (Å²) in [5.41, 5.74) is 3.16. The second-order valence-corrected chi connectivity index (χ2v) is 9.43. The van der Waals surface area contributed by atoms with E-state index in [9.17, 15) is 18.4 Å². The number of rotatable bonds is 7. The fourth-order valence-corrected chi connectivity index (χ4v) is 4.65. The number of hydrogen-bond donors (Lipinski definition) is 3. The van der Waals surface area contributed by atoms with Crippen LogP contribution in [0.3, 0.4) is 0 Å². The number of carboxylic acid groups (broad SMARTS) is 1. The highest BCUT2D eigenvalue weighted by Gasteiger charge is 2.37. The Labute approximate surface area is 219 Å². The lowest BCUT2D eigenvalue weighted by molar-refractivity contribution is -0.145. The van der Waals surface area contributed by atoms with E-state index in [-0.39, 0.29) is 24.0 Å². The molecule has 1 aliphatic rings. The molecule has 6 rings (SSSR count). The Balaban J connectivity index is 1.18. The lowest BCUT2D eigenvalue weighted by Gasteiger charge is -2.30. The summed E-state index contributed by atoms with van der Waals surface area (Å²) in [6.07, 6.45) is 5.46. The summed E-state index contributed by atoms with van der Waals surface area (Å²) in [5.74, 6) is -2.03. The van der Waals surface area contributed by atoms with Crippen molar-refractivity contribution in [3.8, 4) is 16.8 Å². The first-order valence-electron chi connectivity index (χ1n) is 12.2. The van der Waals surface area contributed by atoms with E-state index < -0.39 is 23.6 Å². The molecule has 3 heterocycles. The smallest absolute Gasteiger partial charge is 0.306 e. The van der Waals surface area contributed by atoms with Crippen molar-refractivity contribution in [3.63, 3.8) is 0 Å². The van der Waals surface area contributed by atoms with Gasteiger partial charge in [0.25, 0.3) is 5.91 Å². The Morgan fingerprint density at radius 1 is 1.05 bits per heavy atom. The number of nitrogens with zero attached hydrogens (tertiary/aromatic N) is 5. The van der Waals surface area contributed by atoms with Gasteiger partial charge in [0.15, 0.2) is 11.3 Å².